The largest absolute Gasteiger partial charge is 0.299 e. The first-order chi connectivity index (χ1) is 6.04. The summed E-state index contributed by atoms with van der Waals surface area (Å²) in [6.45, 7) is 12.7. The fourth-order valence-corrected chi connectivity index (χ4v) is 1.61. The zero-order valence-corrected chi connectivity index (χ0v) is 10.4. The lowest BCUT2D eigenvalue weighted by atomic mass is 9.65. The van der Waals surface area contributed by atoms with Crippen molar-refractivity contribution in [3.05, 3.63) is 0 Å². The summed E-state index contributed by atoms with van der Waals surface area (Å²) >= 11 is 0. The molecule has 82 valence electrons. The molecule has 0 N–H and O–H groups in total. The Morgan fingerprint density at radius 3 is 1.43 bits per heavy atom. The lowest BCUT2D eigenvalue weighted by Gasteiger charge is -2.35. The predicted molar refractivity (Wildman–Crippen MR) is 58.1 cm³/mol. The van der Waals surface area contributed by atoms with Crippen LogP contribution in [0.2, 0.25) is 0 Å². The Kier molecular flexibility index (Phi) is 3.65. The van der Waals surface area contributed by atoms with Gasteiger partial charge in [-0.3, -0.25) is 9.59 Å². The molecule has 0 aliphatic carbocycles. The number of Topliss-reactive ketones (excluding diaryl/α,β-unsaturated/α-hetero) is 2. The van der Waals surface area contributed by atoms with Gasteiger partial charge < -0.3 is 0 Å². The third-order valence-corrected chi connectivity index (χ3v) is 3.04. The zero-order valence-electron chi connectivity index (χ0n) is 10.4. The van der Waals surface area contributed by atoms with Crippen molar-refractivity contribution in [1.29, 1.82) is 0 Å². The van der Waals surface area contributed by atoms with E-state index in [1.807, 2.05) is 34.6 Å². The molecule has 0 saturated heterocycles. The summed E-state index contributed by atoms with van der Waals surface area (Å²) in [5.74, 6) is 0.0478. The molecule has 14 heavy (non-hydrogen) atoms. The fraction of sp³-hybridized carbons (Fsp3) is 0.833. The van der Waals surface area contributed by atoms with Gasteiger partial charge in [0.25, 0.3) is 0 Å². The van der Waals surface area contributed by atoms with Gasteiger partial charge in [-0.1, -0.05) is 34.6 Å². The van der Waals surface area contributed by atoms with Crippen LogP contribution < -0.4 is 0 Å². The van der Waals surface area contributed by atoms with Gasteiger partial charge in [0.05, 0.1) is 5.41 Å². The minimum absolute atomic E-state index is 0.0347. The van der Waals surface area contributed by atoms with Crippen LogP contribution in [0.3, 0.4) is 0 Å². The fourth-order valence-electron chi connectivity index (χ4n) is 1.61. The van der Waals surface area contributed by atoms with E-state index >= 15 is 0 Å². The van der Waals surface area contributed by atoms with Crippen LogP contribution in [0.4, 0.5) is 0 Å². The van der Waals surface area contributed by atoms with Crippen LogP contribution in [-0.2, 0) is 9.59 Å². The van der Waals surface area contributed by atoms with Gasteiger partial charge in [-0.15, -0.1) is 0 Å². The molecule has 0 spiro atoms. The van der Waals surface area contributed by atoms with Crippen molar-refractivity contribution in [2.45, 2.75) is 48.5 Å². The third-order valence-electron chi connectivity index (χ3n) is 3.04. The van der Waals surface area contributed by atoms with Crippen molar-refractivity contribution < 1.29 is 9.59 Å². The molecule has 1 unspecified atom stereocenters. The summed E-state index contributed by atoms with van der Waals surface area (Å²) in [7, 11) is 0. The summed E-state index contributed by atoms with van der Waals surface area (Å²) in [5, 5.41) is 0. The first kappa shape index (κ1) is 13.3. The van der Waals surface area contributed by atoms with E-state index in [0.29, 0.717) is 0 Å². The molecule has 0 bridgehead atoms. The maximum atomic E-state index is 12.1. The van der Waals surface area contributed by atoms with Gasteiger partial charge >= 0.3 is 0 Å². The van der Waals surface area contributed by atoms with Crippen LogP contribution in [0.15, 0.2) is 0 Å². The number of carbonyl (C=O) groups is 2. The Balaban J connectivity index is 5.25. The molecule has 0 aromatic carbocycles. The van der Waals surface area contributed by atoms with E-state index in [-0.39, 0.29) is 17.5 Å². The van der Waals surface area contributed by atoms with Gasteiger partial charge in [0.15, 0.2) is 5.78 Å². The van der Waals surface area contributed by atoms with Gasteiger partial charge in [-0.05, 0) is 19.8 Å². The number of ketones is 2. The number of rotatable bonds is 3. The first-order valence-electron chi connectivity index (χ1n) is 5.10. The summed E-state index contributed by atoms with van der Waals surface area (Å²) < 4.78 is 0. The van der Waals surface area contributed by atoms with E-state index in [1.165, 1.54) is 6.92 Å². The molecule has 0 amide bonds. The predicted octanol–water partition coefficient (Wildman–Crippen LogP) is 2.85. The molecular weight excluding hydrogens is 176 g/mol. The topological polar surface area (TPSA) is 34.1 Å². The van der Waals surface area contributed by atoms with Gasteiger partial charge in [0.1, 0.15) is 5.78 Å². The molecule has 2 nitrogen and oxygen atoms in total. The monoisotopic (exact) mass is 198 g/mol. The Bertz CT molecular complexity index is 246. The number of hydrogen-bond donors (Lipinski definition) is 0. The lowest BCUT2D eigenvalue weighted by Crippen LogP contribution is -2.45. The molecule has 0 rings (SSSR count). The Morgan fingerprint density at radius 2 is 1.36 bits per heavy atom. The van der Waals surface area contributed by atoms with E-state index in [1.54, 1.807) is 6.92 Å². The second kappa shape index (κ2) is 3.84. The van der Waals surface area contributed by atoms with Crippen molar-refractivity contribution in [2.75, 3.05) is 0 Å². The minimum Gasteiger partial charge on any atom is -0.299 e. The summed E-state index contributed by atoms with van der Waals surface area (Å²) in [4.78, 5) is 23.7. The standard InChI is InChI=1S/C12H22O2/c1-8(2)12(7,9(3)13)10(14)11(4,5)6/h8H,1-7H3. The molecule has 0 heterocycles. The smallest absolute Gasteiger partial charge is 0.151 e. The van der Waals surface area contributed by atoms with Crippen LogP contribution in [0, 0.1) is 16.7 Å². The molecule has 0 radical (unpaired) electrons. The highest BCUT2D eigenvalue weighted by Gasteiger charge is 2.45. The van der Waals surface area contributed by atoms with Crippen molar-refractivity contribution in [2.24, 2.45) is 16.7 Å². The maximum Gasteiger partial charge on any atom is 0.151 e. The highest BCUT2D eigenvalue weighted by molar-refractivity contribution is 6.07. The molecule has 1 atom stereocenters. The van der Waals surface area contributed by atoms with E-state index in [0.717, 1.165) is 0 Å². The average Bonchev–Trinajstić information content (AvgIpc) is 1.99. The average molecular weight is 198 g/mol. The quantitative estimate of drug-likeness (QED) is 0.653. The SMILES string of the molecule is CC(=O)C(C)(C(=O)C(C)(C)C)C(C)C. The van der Waals surface area contributed by atoms with E-state index in [9.17, 15) is 9.59 Å². The molecule has 0 aromatic heterocycles. The van der Waals surface area contributed by atoms with Crippen molar-refractivity contribution in [3.8, 4) is 0 Å². The molecule has 0 aromatic rings. The Hall–Kier alpha value is -0.660. The van der Waals surface area contributed by atoms with Crippen molar-refractivity contribution in [1.82, 2.24) is 0 Å². The summed E-state index contributed by atoms with van der Waals surface area (Å²) in [6.07, 6.45) is 0. The van der Waals surface area contributed by atoms with Crippen LogP contribution >= 0.6 is 0 Å². The lowest BCUT2D eigenvalue weighted by molar-refractivity contribution is -0.146. The van der Waals surface area contributed by atoms with Crippen molar-refractivity contribution >= 4 is 11.6 Å². The zero-order chi connectivity index (χ0) is 11.7. The van der Waals surface area contributed by atoms with E-state index in [4.69, 9.17) is 0 Å². The van der Waals surface area contributed by atoms with Crippen LogP contribution in [0.5, 0.6) is 0 Å². The minimum atomic E-state index is -0.835. The molecule has 2 heteroatoms. The number of hydrogen-bond acceptors (Lipinski definition) is 2. The van der Waals surface area contributed by atoms with Gasteiger partial charge in [0, 0.05) is 5.41 Å². The van der Waals surface area contributed by atoms with Gasteiger partial charge in [0.2, 0.25) is 0 Å². The molecule has 0 aliphatic rings. The van der Waals surface area contributed by atoms with Crippen LogP contribution in [0.25, 0.3) is 0 Å². The van der Waals surface area contributed by atoms with Crippen LogP contribution in [-0.4, -0.2) is 11.6 Å². The molecular formula is C12H22O2. The third kappa shape index (κ3) is 2.23. The highest BCUT2D eigenvalue weighted by atomic mass is 16.2. The normalized spacial score (nSPS) is 16.6. The molecule has 0 fully saturated rings. The van der Waals surface area contributed by atoms with Gasteiger partial charge in [-0.2, -0.15) is 0 Å². The van der Waals surface area contributed by atoms with E-state index in [2.05, 4.69) is 0 Å². The molecule has 0 saturated carbocycles. The molecule has 0 aliphatic heterocycles. The second-order valence-electron chi connectivity index (χ2n) is 5.49. The van der Waals surface area contributed by atoms with Gasteiger partial charge in [-0.25, -0.2) is 0 Å². The Labute approximate surface area is 87.1 Å². The van der Waals surface area contributed by atoms with Crippen molar-refractivity contribution in [3.63, 3.8) is 0 Å². The maximum absolute atomic E-state index is 12.1. The summed E-state index contributed by atoms with van der Waals surface area (Å²) in [5.41, 5.74) is -1.29. The second-order valence-corrected chi connectivity index (χ2v) is 5.49. The highest BCUT2D eigenvalue weighted by Crippen LogP contribution is 2.36. The Morgan fingerprint density at radius 1 is 1.00 bits per heavy atom. The van der Waals surface area contributed by atoms with E-state index < -0.39 is 10.8 Å². The van der Waals surface area contributed by atoms with Crippen LogP contribution in [0.1, 0.15) is 48.5 Å². The first-order valence-corrected chi connectivity index (χ1v) is 5.10. The number of carbonyl (C=O) groups excluding carboxylic acids is 2. The summed E-state index contributed by atoms with van der Waals surface area (Å²) in [6, 6.07) is 0.